The second-order valence-corrected chi connectivity index (χ2v) is 10.5. The van der Waals surface area contributed by atoms with Crippen molar-refractivity contribution in [1.82, 2.24) is 0 Å². The van der Waals surface area contributed by atoms with Crippen LogP contribution in [0.1, 0.15) is 59.3 Å². The number of carbonyl (C=O) groups is 2. The summed E-state index contributed by atoms with van der Waals surface area (Å²) in [6.07, 6.45) is 6.83. The number of ether oxygens (including phenoxy) is 1. The van der Waals surface area contributed by atoms with Crippen LogP contribution >= 0.6 is 11.6 Å². The normalized spacial score (nSPS) is 55.7. The predicted molar refractivity (Wildman–Crippen MR) is 101 cm³/mol. The molecular weight excluding hydrogens is 364 g/mol. The van der Waals surface area contributed by atoms with E-state index < -0.39 is 11.0 Å². The Morgan fingerprint density at radius 3 is 2.78 bits per heavy atom. The lowest BCUT2D eigenvalue weighted by Crippen LogP contribution is -2.62. The topological polar surface area (TPSA) is 66.9 Å². The molecule has 27 heavy (non-hydrogen) atoms. The molecule has 1 aliphatic heterocycles. The van der Waals surface area contributed by atoms with Crippen LogP contribution in [0.5, 0.6) is 0 Å². The minimum absolute atomic E-state index is 0.0607. The Morgan fingerprint density at radius 1 is 1.33 bits per heavy atom. The van der Waals surface area contributed by atoms with E-state index in [-0.39, 0.29) is 46.4 Å². The highest BCUT2D eigenvalue weighted by atomic mass is 35.5. The third kappa shape index (κ3) is 1.84. The number of hydrogen-bond acceptors (Lipinski definition) is 4. The van der Waals surface area contributed by atoms with Crippen LogP contribution in [-0.4, -0.2) is 39.9 Å². The first-order chi connectivity index (χ1) is 12.6. The maximum Gasteiger partial charge on any atom is 0.179 e. The number of alkyl halides is 1. The highest BCUT2D eigenvalue weighted by molar-refractivity contribution is 6.29. The molecule has 4 nitrogen and oxygen atoms in total. The maximum absolute atomic E-state index is 12.7. The predicted octanol–water partition coefficient (Wildman–Crippen LogP) is 3.43. The minimum Gasteiger partial charge on any atom is -0.381 e. The summed E-state index contributed by atoms with van der Waals surface area (Å²) in [6.45, 7) is 6.38. The van der Waals surface area contributed by atoms with Crippen LogP contribution in [0.15, 0.2) is 11.6 Å². The lowest BCUT2D eigenvalue weighted by atomic mass is 9.46. The van der Waals surface area contributed by atoms with Gasteiger partial charge in [0.2, 0.25) is 0 Å². The Bertz CT molecular complexity index is 776. The number of carbonyl (C=O) groups excluding carboxylic acids is 2. The second-order valence-electron chi connectivity index (χ2n) is 10.2. The zero-order chi connectivity index (χ0) is 19.4. The van der Waals surface area contributed by atoms with Gasteiger partial charge in [0.05, 0.1) is 12.0 Å². The van der Waals surface area contributed by atoms with Crippen LogP contribution in [0.2, 0.25) is 0 Å². The van der Waals surface area contributed by atoms with Gasteiger partial charge in [0.15, 0.2) is 11.6 Å². The van der Waals surface area contributed by atoms with Crippen molar-refractivity contribution < 1.29 is 19.4 Å². The first kappa shape index (κ1) is 18.3. The molecule has 3 saturated carbocycles. The van der Waals surface area contributed by atoms with Gasteiger partial charge in [0.1, 0.15) is 11.2 Å². The van der Waals surface area contributed by atoms with Crippen molar-refractivity contribution in [2.24, 2.45) is 28.6 Å². The molecule has 0 aromatic heterocycles. The number of hydrogen-bond donors (Lipinski definition) is 1. The van der Waals surface area contributed by atoms with Crippen LogP contribution in [-0.2, 0) is 14.3 Å². The summed E-state index contributed by atoms with van der Waals surface area (Å²) in [7, 11) is 0. The molecule has 4 fully saturated rings. The smallest absolute Gasteiger partial charge is 0.179 e. The van der Waals surface area contributed by atoms with E-state index >= 15 is 0 Å². The molecule has 1 spiro atoms. The van der Waals surface area contributed by atoms with Crippen LogP contribution in [0.25, 0.3) is 0 Å². The van der Waals surface area contributed by atoms with E-state index in [4.69, 9.17) is 16.3 Å². The molecule has 148 valence electrons. The van der Waals surface area contributed by atoms with Gasteiger partial charge in [-0.25, -0.2) is 0 Å². The van der Waals surface area contributed by atoms with Gasteiger partial charge in [-0.05, 0) is 55.9 Å². The molecule has 8 atom stereocenters. The van der Waals surface area contributed by atoms with E-state index in [2.05, 4.69) is 13.8 Å². The van der Waals surface area contributed by atoms with Gasteiger partial charge in [0, 0.05) is 17.3 Å². The zero-order valence-corrected chi connectivity index (χ0v) is 17.1. The van der Waals surface area contributed by atoms with Gasteiger partial charge < -0.3 is 9.84 Å². The van der Waals surface area contributed by atoms with E-state index in [1.807, 2.05) is 13.0 Å². The van der Waals surface area contributed by atoms with E-state index in [9.17, 15) is 14.7 Å². The molecule has 5 heteroatoms. The summed E-state index contributed by atoms with van der Waals surface area (Å²) in [4.78, 5) is 24.8. The monoisotopic (exact) mass is 392 g/mol. The van der Waals surface area contributed by atoms with Crippen molar-refractivity contribution in [3.8, 4) is 0 Å². The molecule has 5 aliphatic rings. The summed E-state index contributed by atoms with van der Waals surface area (Å²) >= 11 is 5.91. The summed E-state index contributed by atoms with van der Waals surface area (Å²) in [5, 5.41) is 11.6. The number of aliphatic hydroxyl groups is 1. The average Bonchev–Trinajstić information content (AvgIpc) is 3.31. The molecule has 5 rings (SSSR count). The summed E-state index contributed by atoms with van der Waals surface area (Å²) in [6, 6.07) is 0. The quantitative estimate of drug-likeness (QED) is 0.577. The first-order valence-electron chi connectivity index (χ1n) is 10.4. The third-order valence-electron chi connectivity index (χ3n) is 9.46. The Balaban J connectivity index is 1.59. The number of epoxide rings is 1. The minimum atomic E-state index is -1.36. The third-order valence-corrected chi connectivity index (χ3v) is 9.71. The fraction of sp³-hybridized carbons (Fsp3) is 0.818. The molecule has 1 saturated heterocycles. The molecule has 0 unspecified atom stereocenters. The number of Topliss-reactive ketones (excluding diaryl/α,β-unsaturated/α-hetero) is 1. The van der Waals surface area contributed by atoms with Gasteiger partial charge in [-0.15, -0.1) is 11.6 Å². The standard InChI is InChI=1S/C22H29ClO4/c1-12-8-16-15-5-4-13-9-14(24)6-7-19(13,2)22(15)18(27-22)10-20(16,3)21(12,26)17(25)11-23/h9,12,15-16,18,26H,4-8,10-11H2,1-3H3/t12-,15+,16+,18+,19+,20+,21+,22-/m1/s1. The van der Waals surface area contributed by atoms with Crippen molar-refractivity contribution >= 4 is 23.2 Å². The number of halogens is 1. The Labute approximate surface area is 165 Å². The first-order valence-corrected chi connectivity index (χ1v) is 10.9. The Hall–Kier alpha value is -0.710. The number of rotatable bonds is 2. The van der Waals surface area contributed by atoms with Crippen molar-refractivity contribution in [3.63, 3.8) is 0 Å². The lowest BCUT2D eigenvalue weighted by molar-refractivity contribution is -0.161. The van der Waals surface area contributed by atoms with E-state index in [0.29, 0.717) is 18.8 Å². The van der Waals surface area contributed by atoms with Crippen LogP contribution in [0.3, 0.4) is 0 Å². The maximum atomic E-state index is 12.7. The molecule has 0 amide bonds. The van der Waals surface area contributed by atoms with Crippen LogP contribution in [0.4, 0.5) is 0 Å². The van der Waals surface area contributed by atoms with Gasteiger partial charge in [-0.1, -0.05) is 26.3 Å². The second kappa shape index (κ2) is 5.25. The fourth-order valence-electron chi connectivity index (χ4n) is 8.05. The Kier molecular flexibility index (Phi) is 3.57. The van der Waals surface area contributed by atoms with Gasteiger partial charge in [0.25, 0.3) is 0 Å². The van der Waals surface area contributed by atoms with Gasteiger partial charge in [-0.2, -0.15) is 0 Å². The largest absolute Gasteiger partial charge is 0.381 e. The highest BCUT2D eigenvalue weighted by Crippen LogP contribution is 2.76. The number of fused-ring (bicyclic) bond motifs is 3. The lowest BCUT2D eigenvalue weighted by Gasteiger charge is -2.56. The van der Waals surface area contributed by atoms with Crippen molar-refractivity contribution in [2.45, 2.75) is 76.6 Å². The molecular formula is C22H29ClO4. The average molecular weight is 393 g/mol. The number of ketones is 2. The molecule has 0 bridgehead atoms. The summed E-state index contributed by atoms with van der Waals surface area (Å²) in [5.41, 5.74) is -0.890. The van der Waals surface area contributed by atoms with Crippen LogP contribution < -0.4 is 0 Å². The summed E-state index contributed by atoms with van der Waals surface area (Å²) in [5.74, 6) is 0.353. The summed E-state index contributed by atoms with van der Waals surface area (Å²) < 4.78 is 6.51. The molecule has 0 radical (unpaired) electrons. The molecule has 0 aromatic rings. The van der Waals surface area contributed by atoms with E-state index in [0.717, 1.165) is 25.7 Å². The van der Waals surface area contributed by atoms with Gasteiger partial charge >= 0.3 is 0 Å². The molecule has 4 aliphatic carbocycles. The Morgan fingerprint density at radius 2 is 2.07 bits per heavy atom. The van der Waals surface area contributed by atoms with Crippen molar-refractivity contribution in [2.75, 3.05) is 5.88 Å². The van der Waals surface area contributed by atoms with Gasteiger partial charge in [-0.3, -0.25) is 9.59 Å². The molecule has 1 N–H and O–H groups in total. The SMILES string of the molecule is C[C@@H]1C[C@H]2[C@@H]3CCC4=CC(=O)CC[C@]4(C)[C@@]34O[C@H]4C[C@]2(C)[C@@]1(O)C(=O)CCl. The molecule has 1 heterocycles. The highest BCUT2D eigenvalue weighted by Gasteiger charge is 2.82. The molecule has 0 aromatic carbocycles. The van der Waals surface area contributed by atoms with Crippen molar-refractivity contribution in [3.05, 3.63) is 11.6 Å². The van der Waals surface area contributed by atoms with Crippen LogP contribution in [0, 0.1) is 28.6 Å². The fourth-order valence-corrected chi connectivity index (χ4v) is 8.25. The van der Waals surface area contributed by atoms with Crippen molar-refractivity contribution in [1.29, 1.82) is 0 Å². The van der Waals surface area contributed by atoms with E-state index in [1.54, 1.807) is 0 Å². The van der Waals surface area contributed by atoms with E-state index in [1.165, 1.54) is 5.57 Å². The zero-order valence-electron chi connectivity index (χ0n) is 16.4.